The van der Waals surface area contributed by atoms with Gasteiger partial charge in [-0.15, -0.1) is 11.3 Å². The van der Waals surface area contributed by atoms with E-state index in [0.29, 0.717) is 18.0 Å². The number of rotatable bonds is 9. The van der Waals surface area contributed by atoms with Gasteiger partial charge in [-0.2, -0.15) is 10.2 Å². The van der Waals surface area contributed by atoms with E-state index in [1.807, 2.05) is 11.4 Å². The van der Waals surface area contributed by atoms with Gasteiger partial charge in [0.15, 0.2) is 11.6 Å². The van der Waals surface area contributed by atoms with Crippen LogP contribution in [0.5, 0.6) is 11.5 Å². The van der Waals surface area contributed by atoms with Crippen LogP contribution in [0.3, 0.4) is 0 Å². The maximum atomic E-state index is 14.3. The number of esters is 1. The number of azo groups is 1. The predicted octanol–water partition coefficient (Wildman–Crippen LogP) is 7.24. The lowest BCUT2D eigenvalue weighted by Crippen LogP contribution is -2.06. The van der Waals surface area contributed by atoms with Gasteiger partial charge in [0.25, 0.3) is 0 Å². The van der Waals surface area contributed by atoms with Gasteiger partial charge in [-0.3, -0.25) is 0 Å². The van der Waals surface area contributed by atoms with Crippen molar-refractivity contribution in [1.82, 2.24) is 0 Å². The molecule has 0 N–H and O–H groups in total. The van der Waals surface area contributed by atoms with Gasteiger partial charge in [-0.1, -0.05) is 19.4 Å². The van der Waals surface area contributed by atoms with Crippen LogP contribution in [-0.4, -0.2) is 12.6 Å². The van der Waals surface area contributed by atoms with E-state index < -0.39 is 23.4 Å². The molecule has 3 rings (SSSR count). The number of hydrogen-bond acceptors (Lipinski definition) is 6. The number of ether oxygens (including phenoxy) is 2. The fourth-order valence-electron chi connectivity index (χ4n) is 2.43. The lowest BCUT2D eigenvalue weighted by atomic mass is 10.3. The number of carbonyl (C=O) groups is 1. The van der Waals surface area contributed by atoms with E-state index in [2.05, 4.69) is 17.2 Å². The third-order valence-corrected chi connectivity index (χ3v) is 4.83. The monoisotopic (exact) mass is 442 g/mol. The Bertz CT molecular complexity index is 1040. The normalized spacial score (nSPS) is 11.3. The first-order valence-corrected chi connectivity index (χ1v) is 10.5. The molecule has 0 aliphatic heterocycles. The van der Waals surface area contributed by atoms with Crippen molar-refractivity contribution in [3.05, 3.63) is 76.5 Å². The van der Waals surface area contributed by atoms with Crippen LogP contribution >= 0.6 is 11.3 Å². The van der Waals surface area contributed by atoms with E-state index in [4.69, 9.17) is 9.47 Å². The highest BCUT2D eigenvalue weighted by Crippen LogP contribution is 2.29. The van der Waals surface area contributed by atoms with Crippen molar-refractivity contribution >= 4 is 34.8 Å². The molecule has 0 bridgehead atoms. The van der Waals surface area contributed by atoms with Crippen LogP contribution in [0, 0.1) is 11.6 Å². The summed E-state index contributed by atoms with van der Waals surface area (Å²) in [6.07, 6.45) is 4.62. The summed E-state index contributed by atoms with van der Waals surface area (Å²) in [7, 11) is 0. The second kappa shape index (κ2) is 11.1. The average molecular weight is 442 g/mol. The first-order valence-electron chi connectivity index (χ1n) is 9.62. The second-order valence-corrected chi connectivity index (χ2v) is 7.38. The molecule has 0 aliphatic carbocycles. The van der Waals surface area contributed by atoms with Gasteiger partial charge in [0.2, 0.25) is 5.75 Å². The zero-order valence-corrected chi connectivity index (χ0v) is 17.6. The Morgan fingerprint density at radius 2 is 1.77 bits per heavy atom. The molecule has 0 amide bonds. The molecule has 160 valence electrons. The van der Waals surface area contributed by atoms with E-state index in [1.165, 1.54) is 17.4 Å². The van der Waals surface area contributed by atoms with Crippen LogP contribution < -0.4 is 9.47 Å². The number of hydrogen-bond donors (Lipinski definition) is 0. The van der Waals surface area contributed by atoms with E-state index >= 15 is 0 Å². The maximum absolute atomic E-state index is 14.3. The van der Waals surface area contributed by atoms with Gasteiger partial charge in [0.05, 0.1) is 18.0 Å². The van der Waals surface area contributed by atoms with Crippen molar-refractivity contribution in [3.8, 4) is 11.5 Å². The summed E-state index contributed by atoms with van der Waals surface area (Å²) in [5.74, 6) is -3.06. The molecule has 2 aromatic carbocycles. The Morgan fingerprint density at radius 1 is 1.06 bits per heavy atom. The number of unbranched alkanes of at least 4 members (excludes halogenated alkanes) is 1. The fourth-order valence-corrected chi connectivity index (χ4v) is 3.05. The summed E-state index contributed by atoms with van der Waals surface area (Å²) >= 11 is 1.42. The first kappa shape index (κ1) is 22.3. The maximum Gasteiger partial charge on any atom is 0.336 e. The summed E-state index contributed by atoms with van der Waals surface area (Å²) in [4.78, 5) is 12.6. The molecular weight excluding hydrogens is 422 g/mol. The molecule has 0 fully saturated rings. The van der Waals surface area contributed by atoms with Crippen LogP contribution in [0.1, 0.15) is 24.6 Å². The summed E-state index contributed by atoms with van der Waals surface area (Å²) < 4.78 is 38.9. The predicted molar refractivity (Wildman–Crippen MR) is 116 cm³/mol. The molecule has 0 spiro atoms. The van der Waals surface area contributed by atoms with Gasteiger partial charge < -0.3 is 9.47 Å². The third kappa shape index (κ3) is 6.82. The lowest BCUT2D eigenvalue weighted by molar-refractivity contribution is -0.129. The average Bonchev–Trinajstić information content (AvgIpc) is 3.28. The number of carbonyl (C=O) groups excluding carboxylic acids is 1. The van der Waals surface area contributed by atoms with E-state index in [1.54, 1.807) is 30.3 Å². The lowest BCUT2D eigenvalue weighted by Gasteiger charge is -2.05. The first-order chi connectivity index (χ1) is 15.0. The number of benzene rings is 2. The summed E-state index contributed by atoms with van der Waals surface area (Å²) in [6, 6.07) is 12.4. The highest BCUT2D eigenvalue weighted by Gasteiger charge is 2.15. The molecule has 1 heterocycles. The standard InChI is InChI=1S/C23H20F2N2O3S/c1-2-3-12-29-18-8-6-16(7-9-18)26-27-17-14-20(24)23(21(25)15-17)30-22(28)11-10-19-5-4-13-31-19/h4-11,13-15H,2-3,12H2,1H3/b11-10+,27-26?. The molecule has 0 radical (unpaired) electrons. The number of thiophene rings is 1. The Morgan fingerprint density at radius 3 is 2.42 bits per heavy atom. The molecule has 31 heavy (non-hydrogen) atoms. The molecule has 0 saturated carbocycles. The largest absolute Gasteiger partial charge is 0.494 e. The Kier molecular flexibility index (Phi) is 8.00. The molecule has 0 unspecified atom stereocenters. The smallest absolute Gasteiger partial charge is 0.336 e. The molecule has 5 nitrogen and oxygen atoms in total. The zero-order valence-electron chi connectivity index (χ0n) is 16.8. The van der Waals surface area contributed by atoms with Gasteiger partial charge >= 0.3 is 5.97 Å². The number of nitrogens with zero attached hydrogens (tertiary/aromatic N) is 2. The minimum absolute atomic E-state index is 0.0489. The Balaban J connectivity index is 1.63. The zero-order chi connectivity index (χ0) is 22.1. The molecule has 0 atom stereocenters. The summed E-state index contributed by atoms with van der Waals surface area (Å²) in [5.41, 5.74) is 0.449. The van der Waals surface area contributed by atoms with Crippen LogP contribution in [0.15, 0.2) is 70.2 Å². The van der Waals surface area contributed by atoms with Crippen molar-refractivity contribution in [3.63, 3.8) is 0 Å². The topological polar surface area (TPSA) is 60.3 Å². The minimum Gasteiger partial charge on any atom is -0.494 e. The molecule has 3 aromatic rings. The molecule has 0 saturated heterocycles. The van der Waals surface area contributed by atoms with Gasteiger partial charge in [0, 0.05) is 23.1 Å². The summed E-state index contributed by atoms with van der Waals surface area (Å²) in [5, 5.41) is 9.65. The molecular formula is C23H20F2N2O3S. The van der Waals surface area contributed by atoms with Gasteiger partial charge in [-0.25, -0.2) is 13.6 Å². The van der Waals surface area contributed by atoms with Crippen molar-refractivity contribution in [2.75, 3.05) is 6.61 Å². The van der Waals surface area contributed by atoms with Crippen LogP contribution in [0.2, 0.25) is 0 Å². The van der Waals surface area contributed by atoms with Gasteiger partial charge in [-0.05, 0) is 48.2 Å². The SMILES string of the molecule is CCCCOc1ccc(N=Nc2cc(F)c(OC(=O)/C=C/c3cccs3)c(F)c2)cc1. The third-order valence-electron chi connectivity index (χ3n) is 4.00. The van der Waals surface area contributed by atoms with E-state index in [0.717, 1.165) is 35.9 Å². The van der Waals surface area contributed by atoms with Crippen LogP contribution in [0.4, 0.5) is 20.2 Å². The highest BCUT2D eigenvalue weighted by molar-refractivity contribution is 7.10. The van der Waals surface area contributed by atoms with E-state index in [9.17, 15) is 13.6 Å². The fraction of sp³-hybridized carbons (Fsp3) is 0.174. The molecule has 8 heteroatoms. The Labute approximate surface area is 182 Å². The molecule has 1 aromatic heterocycles. The minimum atomic E-state index is -1.05. The Hall–Kier alpha value is -3.39. The molecule has 0 aliphatic rings. The van der Waals surface area contributed by atoms with Gasteiger partial charge in [0.1, 0.15) is 5.75 Å². The van der Waals surface area contributed by atoms with Crippen molar-refractivity contribution < 1.29 is 23.0 Å². The quantitative estimate of drug-likeness (QED) is 0.115. The second-order valence-electron chi connectivity index (χ2n) is 6.40. The highest BCUT2D eigenvalue weighted by atomic mass is 32.1. The van der Waals surface area contributed by atoms with E-state index in [-0.39, 0.29) is 5.69 Å². The van der Waals surface area contributed by atoms with Crippen molar-refractivity contribution in [2.24, 2.45) is 10.2 Å². The van der Waals surface area contributed by atoms with Crippen LogP contribution in [-0.2, 0) is 4.79 Å². The summed E-state index contributed by atoms with van der Waals surface area (Å²) in [6.45, 7) is 2.72. The number of halogens is 2. The van der Waals surface area contributed by atoms with Crippen molar-refractivity contribution in [2.45, 2.75) is 19.8 Å². The van der Waals surface area contributed by atoms with Crippen LogP contribution in [0.25, 0.3) is 6.08 Å². The van der Waals surface area contributed by atoms with Crippen molar-refractivity contribution in [1.29, 1.82) is 0 Å².